The van der Waals surface area contributed by atoms with Gasteiger partial charge in [-0.25, -0.2) is 9.63 Å². The molecular weight excluding hydrogens is 122 g/mol. The highest BCUT2D eigenvalue weighted by atomic mass is 16.7. The Labute approximate surface area is 53.9 Å². The molecule has 0 bridgehead atoms. The smallest absolute Gasteiger partial charge is 0.339 e. The fourth-order valence-electron chi connectivity index (χ4n) is 0.283. The summed E-state index contributed by atoms with van der Waals surface area (Å²) in [5.74, 6) is 7.49. The maximum absolute atomic E-state index is 10.6. The van der Waals surface area contributed by atoms with Crippen LogP contribution in [0.1, 0.15) is 13.8 Å². The van der Waals surface area contributed by atoms with E-state index < -0.39 is 11.6 Å². The van der Waals surface area contributed by atoms with E-state index in [2.05, 4.69) is 9.57 Å². The Morgan fingerprint density at radius 1 is 1.56 bits per heavy atom. The first-order valence-electron chi connectivity index (χ1n) is 2.45. The molecule has 4 heteroatoms. The molecular formula is C5H9NO3. The molecule has 0 aromatic rings. The number of carbonyl (C=O) groups is 1. The van der Waals surface area contributed by atoms with Crippen molar-refractivity contribution in [1.82, 2.24) is 5.90 Å². The van der Waals surface area contributed by atoms with E-state index >= 15 is 0 Å². The van der Waals surface area contributed by atoms with E-state index in [1.165, 1.54) is 21.0 Å². The van der Waals surface area contributed by atoms with Crippen molar-refractivity contribution in [2.45, 2.75) is 19.4 Å². The Balaban J connectivity index is 3.97. The van der Waals surface area contributed by atoms with Crippen LogP contribution in [0.4, 0.5) is 0 Å². The molecule has 0 saturated heterocycles. The third-order valence-corrected chi connectivity index (χ3v) is 0.905. The quantitative estimate of drug-likeness (QED) is 0.389. The molecule has 0 fully saturated rings. The van der Waals surface area contributed by atoms with Gasteiger partial charge in [-0.3, -0.25) is 0 Å². The van der Waals surface area contributed by atoms with E-state index in [-0.39, 0.29) is 0 Å². The van der Waals surface area contributed by atoms with Crippen LogP contribution in [0.5, 0.6) is 0 Å². The molecule has 0 spiro atoms. The van der Waals surface area contributed by atoms with E-state index in [0.717, 1.165) is 0 Å². The summed E-state index contributed by atoms with van der Waals surface area (Å²) in [6.07, 6.45) is 0. The van der Waals surface area contributed by atoms with Gasteiger partial charge < -0.3 is 4.74 Å². The van der Waals surface area contributed by atoms with Crippen molar-refractivity contribution in [3.8, 4) is 0 Å². The van der Waals surface area contributed by atoms with E-state index in [4.69, 9.17) is 5.90 Å². The van der Waals surface area contributed by atoms with E-state index in [1.54, 1.807) is 0 Å². The normalized spacial score (nSPS) is 11.1. The molecule has 0 aromatic carbocycles. The third-order valence-electron chi connectivity index (χ3n) is 0.905. The summed E-state index contributed by atoms with van der Waals surface area (Å²) < 4.78 is 4.28. The van der Waals surface area contributed by atoms with Crippen LogP contribution >= 0.6 is 0 Å². The zero-order valence-corrected chi connectivity index (χ0v) is 5.67. The lowest BCUT2D eigenvalue weighted by atomic mass is 10.1. The van der Waals surface area contributed by atoms with Gasteiger partial charge >= 0.3 is 5.97 Å². The first-order valence-corrected chi connectivity index (χ1v) is 2.45. The minimum Gasteiger partial charge on any atom is -0.467 e. The lowest BCUT2D eigenvalue weighted by molar-refractivity contribution is -0.167. The number of ether oxygens (including phenoxy) is 1. The fraction of sp³-hybridized carbons (Fsp3) is 0.800. The summed E-state index contributed by atoms with van der Waals surface area (Å²) >= 11 is 0. The number of methoxy groups -OCH3 is 1. The van der Waals surface area contributed by atoms with Gasteiger partial charge in [0, 0.05) is 5.90 Å². The Morgan fingerprint density at radius 3 is 2.11 bits per heavy atom. The maximum atomic E-state index is 10.6. The SMILES string of the molecule is COC(=O)C(C)(C)O[N]. The molecule has 0 heterocycles. The van der Waals surface area contributed by atoms with Gasteiger partial charge in [0.05, 0.1) is 7.11 Å². The molecule has 0 saturated carbocycles. The summed E-state index contributed by atoms with van der Waals surface area (Å²) in [7, 11) is 1.23. The van der Waals surface area contributed by atoms with Gasteiger partial charge in [-0.05, 0) is 13.8 Å². The highest BCUT2D eigenvalue weighted by molar-refractivity contribution is 5.78. The molecule has 4 nitrogen and oxygen atoms in total. The predicted molar refractivity (Wildman–Crippen MR) is 29.3 cm³/mol. The van der Waals surface area contributed by atoms with Crippen LogP contribution in [-0.2, 0) is 14.4 Å². The Kier molecular flexibility index (Phi) is 2.61. The maximum Gasteiger partial charge on any atom is 0.339 e. The van der Waals surface area contributed by atoms with Crippen LogP contribution in [0.2, 0.25) is 0 Å². The van der Waals surface area contributed by atoms with Crippen molar-refractivity contribution in [2.24, 2.45) is 0 Å². The van der Waals surface area contributed by atoms with Crippen molar-refractivity contribution in [2.75, 3.05) is 7.11 Å². The van der Waals surface area contributed by atoms with Gasteiger partial charge in [-0.2, -0.15) is 0 Å². The number of carbonyl (C=O) groups excluding carboxylic acids is 1. The predicted octanol–water partition coefficient (Wildman–Crippen LogP) is -0.0617. The van der Waals surface area contributed by atoms with Gasteiger partial charge in [0.1, 0.15) is 0 Å². The Bertz CT molecular complexity index is 111. The van der Waals surface area contributed by atoms with Crippen LogP contribution in [0.15, 0.2) is 0 Å². The zero-order chi connectivity index (χ0) is 7.49. The first kappa shape index (κ1) is 8.39. The molecule has 52 valence electrons. The van der Waals surface area contributed by atoms with Crippen molar-refractivity contribution in [3.63, 3.8) is 0 Å². The van der Waals surface area contributed by atoms with Crippen LogP contribution < -0.4 is 5.90 Å². The molecule has 9 heavy (non-hydrogen) atoms. The Morgan fingerprint density at radius 2 is 2.00 bits per heavy atom. The van der Waals surface area contributed by atoms with Crippen LogP contribution in [0.3, 0.4) is 0 Å². The number of nitrogens with zero attached hydrogens (tertiary/aromatic N) is 1. The van der Waals surface area contributed by atoms with Crippen molar-refractivity contribution in [3.05, 3.63) is 0 Å². The number of rotatable bonds is 2. The minimum absolute atomic E-state index is 0.606. The zero-order valence-electron chi connectivity index (χ0n) is 5.67. The molecule has 0 aromatic heterocycles. The summed E-state index contributed by atoms with van der Waals surface area (Å²) in [5, 5.41) is 0. The standard InChI is InChI=1S/C5H9NO3/c1-5(2,9-6)4(7)8-3/h1-3H3. The molecule has 0 unspecified atom stereocenters. The summed E-state index contributed by atoms with van der Waals surface area (Å²) in [5.41, 5.74) is -1.26. The second-order valence-corrected chi connectivity index (χ2v) is 2.09. The lowest BCUT2D eigenvalue weighted by Crippen LogP contribution is -2.35. The van der Waals surface area contributed by atoms with E-state index in [9.17, 15) is 4.79 Å². The topological polar surface area (TPSA) is 57.8 Å². The van der Waals surface area contributed by atoms with E-state index in [0.29, 0.717) is 0 Å². The van der Waals surface area contributed by atoms with Crippen LogP contribution in [0, 0.1) is 0 Å². The highest BCUT2D eigenvalue weighted by Crippen LogP contribution is 2.07. The number of esters is 1. The first-order chi connectivity index (χ1) is 4.04. The number of hydrogen-bond acceptors (Lipinski definition) is 3. The Hall–Kier alpha value is -0.610. The molecule has 0 amide bonds. The van der Waals surface area contributed by atoms with Crippen LogP contribution in [0.25, 0.3) is 0 Å². The summed E-state index contributed by atoms with van der Waals surface area (Å²) in [6.45, 7) is 2.80. The average molecular weight is 131 g/mol. The minimum atomic E-state index is -1.26. The third kappa shape index (κ3) is 1.99. The average Bonchev–Trinajstić information content (AvgIpc) is 1.86. The lowest BCUT2D eigenvalue weighted by Gasteiger charge is -2.15. The molecule has 0 aliphatic carbocycles. The molecule has 2 radical (unpaired) electrons. The largest absolute Gasteiger partial charge is 0.467 e. The van der Waals surface area contributed by atoms with Gasteiger partial charge in [-0.15, -0.1) is 0 Å². The van der Waals surface area contributed by atoms with Gasteiger partial charge in [-0.1, -0.05) is 0 Å². The van der Waals surface area contributed by atoms with Gasteiger partial charge in [0.25, 0.3) is 0 Å². The van der Waals surface area contributed by atoms with Gasteiger partial charge in [0.15, 0.2) is 5.60 Å². The molecule has 0 rings (SSSR count). The molecule has 0 aliphatic heterocycles. The molecule has 0 atom stereocenters. The summed E-state index contributed by atoms with van der Waals surface area (Å²) in [4.78, 5) is 14.4. The monoisotopic (exact) mass is 131 g/mol. The highest BCUT2D eigenvalue weighted by Gasteiger charge is 2.29. The van der Waals surface area contributed by atoms with E-state index in [1.807, 2.05) is 0 Å². The second kappa shape index (κ2) is 2.80. The molecule has 0 aliphatic rings. The van der Waals surface area contributed by atoms with Gasteiger partial charge in [0.2, 0.25) is 0 Å². The number of hydrogen-bond donors (Lipinski definition) is 0. The van der Waals surface area contributed by atoms with Crippen molar-refractivity contribution >= 4 is 5.97 Å². The van der Waals surface area contributed by atoms with Crippen molar-refractivity contribution in [1.29, 1.82) is 0 Å². The van der Waals surface area contributed by atoms with Crippen molar-refractivity contribution < 1.29 is 14.4 Å². The van der Waals surface area contributed by atoms with Crippen LogP contribution in [-0.4, -0.2) is 18.7 Å². The second-order valence-electron chi connectivity index (χ2n) is 2.09. The summed E-state index contributed by atoms with van der Waals surface area (Å²) in [6, 6.07) is 0. The molecule has 0 N–H and O–H groups in total. The fourth-order valence-corrected chi connectivity index (χ4v) is 0.283.